The highest BCUT2D eigenvalue weighted by Gasteiger charge is 2.23. The molecule has 0 aliphatic carbocycles. The summed E-state index contributed by atoms with van der Waals surface area (Å²) in [5.74, 6) is 0.606. The zero-order valence-electron chi connectivity index (χ0n) is 12.1. The van der Waals surface area contributed by atoms with Crippen LogP contribution in [0.1, 0.15) is 34.1 Å². The lowest BCUT2D eigenvalue weighted by atomic mass is 9.94. The zero-order chi connectivity index (χ0) is 14.2. The van der Waals surface area contributed by atoms with E-state index in [0.29, 0.717) is 11.4 Å². The van der Waals surface area contributed by atoms with Gasteiger partial charge in [-0.05, 0) is 37.5 Å². The average Bonchev–Trinajstić information content (AvgIpc) is 2.68. The molecule has 0 amide bonds. The molecule has 0 aliphatic heterocycles. The summed E-state index contributed by atoms with van der Waals surface area (Å²) in [4.78, 5) is 0. The van der Waals surface area contributed by atoms with Crippen molar-refractivity contribution in [1.82, 2.24) is 9.78 Å². The van der Waals surface area contributed by atoms with Crippen LogP contribution in [-0.2, 0) is 7.05 Å². The Morgan fingerprint density at radius 1 is 1.21 bits per heavy atom. The average molecular weight is 260 g/mol. The Bertz CT molecular complexity index is 579. The molecule has 102 valence electrons. The first-order chi connectivity index (χ1) is 8.95. The summed E-state index contributed by atoms with van der Waals surface area (Å²) in [6.45, 7) is 6.09. The van der Waals surface area contributed by atoms with Gasteiger partial charge in [-0.15, -0.1) is 0 Å². The maximum absolute atomic E-state index is 10.7. The van der Waals surface area contributed by atoms with Crippen molar-refractivity contribution >= 4 is 0 Å². The van der Waals surface area contributed by atoms with Gasteiger partial charge < -0.3 is 9.84 Å². The Kier molecular flexibility index (Phi) is 3.62. The lowest BCUT2D eigenvalue weighted by molar-refractivity contribution is 0.203. The van der Waals surface area contributed by atoms with E-state index < -0.39 is 6.10 Å². The number of ether oxygens (including phenoxy) is 1. The van der Waals surface area contributed by atoms with Gasteiger partial charge >= 0.3 is 0 Å². The molecule has 1 N–H and O–H groups in total. The normalized spacial score (nSPS) is 12.5. The smallest absolute Gasteiger partial charge is 0.162 e. The third-order valence-electron chi connectivity index (χ3n) is 3.44. The Morgan fingerprint density at radius 3 is 2.32 bits per heavy atom. The van der Waals surface area contributed by atoms with Crippen LogP contribution in [0.25, 0.3) is 0 Å². The van der Waals surface area contributed by atoms with Crippen molar-refractivity contribution in [2.24, 2.45) is 7.05 Å². The number of aliphatic hydroxyl groups is 1. The molecule has 2 rings (SSSR count). The molecule has 0 spiro atoms. The van der Waals surface area contributed by atoms with Crippen LogP contribution >= 0.6 is 0 Å². The van der Waals surface area contributed by atoms with E-state index in [1.165, 1.54) is 5.56 Å². The molecule has 0 fully saturated rings. The third kappa shape index (κ3) is 2.36. The van der Waals surface area contributed by atoms with E-state index in [0.717, 1.165) is 16.7 Å². The molecule has 19 heavy (non-hydrogen) atoms. The molecule has 2 aromatic rings. The molecule has 1 aromatic heterocycles. The number of rotatable bonds is 3. The minimum absolute atomic E-state index is 0.606. The van der Waals surface area contributed by atoms with E-state index in [2.05, 4.69) is 24.2 Å². The van der Waals surface area contributed by atoms with Gasteiger partial charge in [-0.1, -0.05) is 17.7 Å². The van der Waals surface area contributed by atoms with Gasteiger partial charge in [0.15, 0.2) is 5.75 Å². The second-order valence-electron chi connectivity index (χ2n) is 4.94. The number of aromatic nitrogens is 2. The lowest BCUT2D eigenvalue weighted by Gasteiger charge is -2.18. The third-order valence-corrected chi connectivity index (χ3v) is 3.44. The maximum Gasteiger partial charge on any atom is 0.162 e. The van der Waals surface area contributed by atoms with Crippen LogP contribution in [0.15, 0.2) is 18.3 Å². The Labute approximate surface area is 113 Å². The van der Waals surface area contributed by atoms with Gasteiger partial charge in [0.1, 0.15) is 11.8 Å². The van der Waals surface area contributed by atoms with Crippen LogP contribution < -0.4 is 4.74 Å². The van der Waals surface area contributed by atoms with Crippen LogP contribution in [0.4, 0.5) is 0 Å². The summed E-state index contributed by atoms with van der Waals surface area (Å²) in [5, 5.41) is 14.8. The summed E-state index contributed by atoms with van der Waals surface area (Å²) < 4.78 is 6.92. The van der Waals surface area contributed by atoms with Crippen molar-refractivity contribution < 1.29 is 9.84 Å². The summed E-state index contributed by atoms with van der Waals surface area (Å²) >= 11 is 0. The number of aliphatic hydroxyl groups excluding tert-OH is 1. The van der Waals surface area contributed by atoms with Crippen LogP contribution in [0.3, 0.4) is 0 Å². The van der Waals surface area contributed by atoms with E-state index in [1.54, 1.807) is 25.0 Å². The van der Waals surface area contributed by atoms with Gasteiger partial charge in [0, 0.05) is 7.05 Å². The number of aryl methyl sites for hydroxylation is 4. The molecule has 1 unspecified atom stereocenters. The molecule has 4 heteroatoms. The largest absolute Gasteiger partial charge is 0.493 e. The van der Waals surface area contributed by atoms with E-state index in [9.17, 15) is 5.11 Å². The fraction of sp³-hybridized carbons (Fsp3) is 0.400. The summed E-state index contributed by atoms with van der Waals surface area (Å²) in [6, 6.07) is 4.16. The Morgan fingerprint density at radius 2 is 1.79 bits per heavy atom. The first-order valence-corrected chi connectivity index (χ1v) is 6.27. The van der Waals surface area contributed by atoms with Crippen molar-refractivity contribution in [2.75, 3.05) is 7.11 Å². The lowest BCUT2D eigenvalue weighted by Crippen LogP contribution is -2.11. The van der Waals surface area contributed by atoms with Crippen LogP contribution in [-0.4, -0.2) is 22.0 Å². The number of hydrogen-bond donors (Lipinski definition) is 1. The molecule has 1 atom stereocenters. The van der Waals surface area contributed by atoms with Gasteiger partial charge in [-0.2, -0.15) is 5.10 Å². The number of benzene rings is 1. The standard InChI is InChI=1S/C15H20N2O2/c1-9-6-10(2)13(11(3)7-9)15(18)14-12(19-5)8-16-17(14)4/h6-8,15,18H,1-5H3. The van der Waals surface area contributed by atoms with Crippen molar-refractivity contribution in [3.63, 3.8) is 0 Å². The second kappa shape index (κ2) is 5.05. The fourth-order valence-electron chi connectivity index (χ4n) is 2.66. The highest BCUT2D eigenvalue weighted by molar-refractivity contribution is 5.44. The molecule has 4 nitrogen and oxygen atoms in total. The molecule has 0 saturated carbocycles. The van der Waals surface area contributed by atoms with Gasteiger partial charge in [-0.3, -0.25) is 4.68 Å². The van der Waals surface area contributed by atoms with Gasteiger partial charge in [0.05, 0.1) is 13.3 Å². The van der Waals surface area contributed by atoms with Crippen LogP contribution in [0.2, 0.25) is 0 Å². The van der Waals surface area contributed by atoms with Gasteiger partial charge in [-0.25, -0.2) is 0 Å². The van der Waals surface area contributed by atoms with Crippen molar-refractivity contribution in [3.05, 3.63) is 46.3 Å². The fourth-order valence-corrected chi connectivity index (χ4v) is 2.66. The minimum Gasteiger partial charge on any atom is -0.493 e. The number of nitrogens with zero attached hydrogens (tertiary/aromatic N) is 2. The predicted molar refractivity (Wildman–Crippen MR) is 74.5 cm³/mol. The molecule has 0 radical (unpaired) electrons. The number of methoxy groups -OCH3 is 1. The highest BCUT2D eigenvalue weighted by atomic mass is 16.5. The molecule has 1 heterocycles. The van der Waals surface area contributed by atoms with Crippen molar-refractivity contribution in [1.29, 1.82) is 0 Å². The highest BCUT2D eigenvalue weighted by Crippen LogP contribution is 2.33. The first-order valence-electron chi connectivity index (χ1n) is 6.27. The first kappa shape index (κ1) is 13.6. The molecular formula is C15H20N2O2. The van der Waals surface area contributed by atoms with Crippen LogP contribution in [0, 0.1) is 20.8 Å². The Hall–Kier alpha value is -1.81. The molecular weight excluding hydrogens is 240 g/mol. The van der Waals surface area contributed by atoms with E-state index >= 15 is 0 Å². The van der Waals surface area contributed by atoms with Crippen molar-refractivity contribution in [2.45, 2.75) is 26.9 Å². The quantitative estimate of drug-likeness (QED) is 0.922. The van der Waals surface area contributed by atoms with Gasteiger partial charge in [0.2, 0.25) is 0 Å². The van der Waals surface area contributed by atoms with Crippen LogP contribution in [0.5, 0.6) is 5.75 Å². The summed E-state index contributed by atoms with van der Waals surface area (Å²) in [5.41, 5.74) is 4.95. The molecule has 0 bridgehead atoms. The summed E-state index contributed by atoms with van der Waals surface area (Å²) in [7, 11) is 3.39. The monoisotopic (exact) mass is 260 g/mol. The minimum atomic E-state index is -0.733. The van der Waals surface area contributed by atoms with E-state index in [-0.39, 0.29) is 0 Å². The van der Waals surface area contributed by atoms with E-state index in [4.69, 9.17) is 4.74 Å². The predicted octanol–water partition coefficient (Wildman–Crippen LogP) is 2.44. The molecule has 0 aliphatic rings. The maximum atomic E-state index is 10.7. The second-order valence-corrected chi connectivity index (χ2v) is 4.94. The van der Waals surface area contributed by atoms with Gasteiger partial charge in [0.25, 0.3) is 0 Å². The Balaban J connectivity index is 2.56. The summed E-state index contributed by atoms with van der Waals surface area (Å²) in [6.07, 6.45) is 0.889. The van der Waals surface area contributed by atoms with E-state index in [1.807, 2.05) is 13.8 Å². The zero-order valence-corrected chi connectivity index (χ0v) is 12.1. The molecule has 0 saturated heterocycles. The van der Waals surface area contributed by atoms with Crippen molar-refractivity contribution in [3.8, 4) is 5.75 Å². The SMILES string of the molecule is COc1cnn(C)c1C(O)c1c(C)cc(C)cc1C. The topological polar surface area (TPSA) is 47.3 Å². The molecule has 1 aromatic carbocycles. The number of hydrogen-bond acceptors (Lipinski definition) is 3.